The molecule has 0 bridgehead atoms. The van der Waals surface area contributed by atoms with Crippen LogP contribution < -0.4 is 29.3 Å². The summed E-state index contributed by atoms with van der Waals surface area (Å²) < 4.78 is 19.1. The van der Waals surface area contributed by atoms with Gasteiger partial charge in [0.1, 0.15) is 0 Å². The molecule has 2 aromatic carbocycles. The Hall–Kier alpha value is -3.85. The summed E-state index contributed by atoms with van der Waals surface area (Å²) in [7, 11) is 0. The van der Waals surface area contributed by atoms with Gasteiger partial charge < -0.3 is 19.1 Å². The number of thiazole rings is 1. The second-order valence-electron chi connectivity index (χ2n) is 9.14. The third-order valence-electron chi connectivity index (χ3n) is 6.72. The third-order valence-corrected chi connectivity index (χ3v) is 7.70. The lowest BCUT2D eigenvalue weighted by atomic mass is 9.95. The summed E-state index contributed by atoms with van der Waals surface area (Å²) in [6, 6.07) is 12.9. The lowest BCUT2D eigenvalue weighted by Crippen LogP contribution is -2.40. The number of anilines is 1. The molecule has 1 atom stereocenters. The smallest absolute Gasteiger partial charge is 0.338 e. The van der Waals surface area contributed by atoms with Gasteiger partial charge in [0.2, 0.25) is 0 Å². The molecule has 3 aromatic rings. The highest BCUT2D eigenvalue weighted by Crippen LogP contribution is 2.36. The van der Waals surface area contributed by atoms with Crippen molar-refractivity contribution in [2.45, 2.75) is 47.6 Å². The van der Waals surface area contributed by atoms with E-state index < -0.39 is 12.0 Å². The first-order valence-corrected chi connectivity index (χ1v) is 14.6. The molecule has 1 aliphatic heterocycles. The van der Waals surface area contributed by atoms with E-state index in [0.717, 1.165) is 24.3 Å². The molecule has 2 heterocycles. The molecule has 0 spiro atoms. The molecule has 0 saturated heterocycles. The maximum absolute atomic E-state index is 13.9. The number of esters is 1. The standard InChI is InChI=1S/C31H37N3O5S/c1-7-33(8-2)23-15-12-21(13-16-23)18-26-29(35)34-28(22-14-17-24(37-9-3)25(19-22)38-10-4)27(30(36)39-11-5)20(6)32-31(34)40-26/h12-19,28H,7-11H2,1-6H3/b26-18-/t28-/m1/s1. The molecule has 0 aliphatic carbocycles. The molecule has 0 unspecified atom stereocenters. The summed E-state index contributed by atoms with van der Waals surface area (Å²) in [6.45, 7) is 14.6. The molecular weight excluding hydrogens is 526 g/mol. The second-order valence-corrected chi connectivity index (χ2v) is 10.1. The number of carbonyl (C=O) groups is 1. The van der Waals surface area contributed by atoms with Crippen molar-refractivity contribution in [2.75, 3.05) is 37.8 Å². The van der Waals surface area contributed by atoms with Crippen LogP contribution in [0.4, 0.5) is 5.69 Å². The minimum atomic E-state index is -0.725. The summed E-state index contributed by atoms with van der Waals surface area (Å²) in [6.07, 6.45) is 1.88. The van der Waals surface area contributed by atoms with Crippen LogP contribution in [0.3, 0.4) is 0 Å². The van der Waals surface area contributed by atoms with Crippen molar-refractivity contribution in [3.63, 3.8) is 0 Å². The highest BCUT2D eigenvalue weighted by Gasteiger charge is 2.34. The Morgan fingerprint density at radius 3 is 2.27 bits per heavy atom. The van der Waals surface area contributed by atoms with E-state index in [0.29, 0.717) is 50.9 Å². The van der Waals surface area contributed by atoms with Crippen molar-refractivity contribution in [1.29, 1.82) is 0 Å². The van der Waals surface area contributed by atoms with Gasteiger partial charge >= 0.3 is 5.97 Å². The monoisotopic (exact) mass is 563 g/mol. The molecule has 0 amide bonds. The number of nitrogens with zero attached hydrogens (tertiary/aromatic N) is 3. The van der Waals surface area contributed by atoms with E-state index in [4.69, 9.17) is 14.2 Å². The lowest BCUT2D eigenvalue weighted by Gasteiger charge is -2.25. The van der Waals surface area contributed by atoms with Crippen molar-refractivity contribution in [3.05, 3.63) is 84.5 Å². The Bertz CT molecular complexity index is 1570. The fourth-order valence-electron chi connectivity index (χ4n) is 4.87. The number of hydrogen-bond acceptors (Lipinski definition) is 8. The summed E-state index contributed by atoms with van der Waals surface area (Å²) >= 11 is 1.31. The molecule has 0 fully saturated rings. The summed E-state index contributed by atoms with van der Waals surface area (Å²) in [5.41, 5.74) is 3.39. The van der Waals surface area contributed by atoms with Crippen molar-refractivity contribution in [3.8, 4) is 11.5 Å². The van der Waals surface area contributed by atoms with Crippen LogP contribution in [0, 0.1) is 0 Å². The molecule has 0 N–H and O–H groups in total. The van der Waals surface area contributed by atoms with E-state index in [1.165, 1.54) is 11.3 Å². The molecule has 4 rings (SSSR count). The molecular formula is C31H37N3O5S. The van der Waals surface area contributed by atoms with Crippen LogP contribution in [0.25, 0.3) is 6.08 Å². The molecule has 212 valence electrons. The molecule has 8 nitrogen and oxygen atoms in total. The van der Waals surface area contributed by atoms with Gasteiger partial charge in [0, 0.05) is 18.8 Å². The molecule has 0 saturated carbocycles. The number of aromatic nitrogens is 1. The largest absolute Gasteiger partial charge is 0.490 e. The summed E-state index contributed by atoms with van der Waals surface area (Å²) in [5, 5.41) is 0. The van der Waals surface area contributed by atoms with Crippen LogP contribution in [-0.4, -0.2) is 43.4 Å². The van der Waals surface area contributed by atoms with Gasteiger partial charge in [0.15, 0.2) is 16.3 Å². The predicted molar refractivity (Wildman–Crippen MR) is 159 cm³/mol. The number of carbonyl (C=O) groups excluding carboxylic acids is 1. The zero-order valence-corrected chi connectivity index (χ0v) is 24.8. The molecule has 0 radical (unpaired) electrons. The van der Waals surface area contributed by atoms with Crippen molar-refractivity contribution >= 4 is 29.1 Å². The van der Waals surface area contributed by atoms with Gasteiger partial charge in [0.25, 0.3) is 5.56 Å². The van der Waals surface area contributed by atoms with Gasteiger partial charge in [-0.15, -0.1) is 0 Å². The quantitative estimate of drug-likeness (QED) is 0.321. The van der Waals surface area contributed by atoms with E-state index in [2.05, 4.69) is 35.9 Å². The first kappa shape index (κ1) is 29.1. The minimum Gasteiger partial charge on any atom is -0.490 e. The molecule has 1 aliphatic rings. The Morgan fingerprint density at radius 2 is 1.65 bits per heavy atom. The van der Waals surface area contributed by atoms with Crippen LogP contribution >= 0.6 is 11.3 Å². The van der Waals surface area contributed by atoms with E-state index in [1.807, 2.05) is 50.3 Å². The van der Waals surface area contributed by atoms with Gasteiger partial charge in [-0.05, 0) is 83.0 Å². The number of benzene rings is 2. The van der Waals surface area contributed by atoms with Crippen LogP contribution in [0.2, 0.25) is 0 Å². The first-order chi connectivity index (χ1) is 19.4. The van der Waals surface area contributed by atoms with Crippen LogP contribution in [0.15, 0.2) is 63.5 Å². The van der Waals surface area contributed by atoms with Crippen LogP contribution in [-0.2, 0) is 9.53 Å². The molecule has 40 heavy (non-hydrogen) atoms. The van der Waals surface area contributed by atoms with Gasteiger partial charge in [-0.3, -0.25) is 9.36 Å². The van der Waals surface area contributed by atoms with Gasteiger partial charge in [-0.1, -0.05) is 29.5 Å². The zero-order valence-electron chi connectivity index (χ0n) is 24.0. The van der Waals surface area contributed by atoms with Crippen molar-refractivity contribution in [1.82, 2.24) is 4.57 Å². The lowest BCUT2D eigenvalue weighted by molar-refractivity contribution is -0.139. The molecule has 1 aromatic heterocycles. The number of allylic oxidation sites excluding steroid dienone is 1. The van der Waals surface area contributed by atoms with Crippen LogP contribution in [0.5, 0.6) is 11.5 Å². The average Bonchev–Trinajstić information content (AvgIpc) is 3.24. The van der Waals surface area contributed by atoms with Gasteiger partial charge in [-0.25, -0.2) is 9.79 Å². The Kier molecular flexibility index (Phi) is 9.47. The third kappa shape index (κ3) is 5.84. The average molecular weight is 564 g/mol. The maximum Gasteiger partial charge on any atom is 0.338 e. The van der Waals surface area contributed by atoms with Crippen molar-refractivity contribution < 1.29 is 19.0 Å². The van der Waals surface area contributed by atoms with Gasteiger partial charge in [0.05, 0.1) is 41.7 Å². The van der Waals surface area contributed by atoms with Crippen LogP contribution in [0.1, 0.15) is 58.7 Å². The Labute approximate surface area is 238 Å². The van der Waals surface area contributed by atoms with E-state index in [9.17, 15) is 9.59 Å². The zero-order chi connectivity index (χ0) is 28.8. The minimum absolute atomic E-state index is 0.212. The molecule has 9 heteroatoms. The highest BCUT2D eigenvalue weighted by molar-refractivity contribution is 7.07. The Morgan fingerprint density at radius 1 is 0.975 bits per heavy atom. The van der Waals surface area contributed by atoms with Crippen molar-refractivity contribution in [2.24, 2.45) is 4.99 Å². The summed E-state index contributed by atoms with van der Waals surface area (Å²) in [5.74, 6) is 0.657. The van der Waals surface area contributed by atoms with E-state index in [-0.39, 0.29) is 12.2 Å². The maximum atomic E-state index is 13.9. The number of rotatable bonds is 11. The Balaban J connectivity index is 1.88. The number of fused-ring (bicyclic) bond motifs is 1. The SMILES string of the molecule is CCOC(=O)C1=C(C)N=c2s/c(=C\c3ccc(N(CC)CC)cc3)c(=O)n2[C@@H]1c1ccc(OCC)c(OCC)c1. The van der Waals surface area contributed by atoms with Gasteiger partial charge in [-0.2, -0.15) is 0 Å². The topological polar surface area (TPSA) is 82.4 Å². The highest BCUT2D eigenvalue weighted by atomic mass is 32.1. The second kappa shape index (κ2) is 13.0. The summed E-state index contributed by atoms with van der Waals surface area (Å²) in [4.78, 5) is 34.6. The normalized spacial score (nSPS) is 14.9. The fourth-order valence-corrected chi connectivity index (χ4v) is 5.91. The first-order valence-electron chi connectivity index (χ1n) is 13.8. The van der Waals surface area contributed by atoms with E-state index in [1.54, 1.807) is 18.4 Å². The van der Waals surface area contributed by atoms with E-state index >= 15 is 0 Å². The fraction of sp³-hybridized carbons (Fsp3) is 0.387. The number of hydrogen-bond donors (Lipinski definition) is 0. The number of ether oxygens (including phenoxy) is 3. The predicted octanol–water partition coefficient (Wildman–Crippen LogP) is 4.44.